The Labute approximate surface area is 265 Å². The third kappa shape index (κ3) is 5.00. The van der Waals surface area contributed by atoms with E-state index in [-0.39, 0.29) is 6.04 Å². The zero-order chi connectivity index (χ0) is 30.0. The molecule has 0 amide bonds. The standard InChI is InChI=1S/C40H34ClN3/c1-29-30(2)42(37-25-13-12-24-36(29)37)38-26-15-27-39(40(38)41)44(33-20-10-5-11-21-33)35-23-14-22-34(28-35)43(31-16-6-3-7-17-31)32-18-8-4-9-19-32/h3-30H,1-2H3. The monoisotopic (exact) mass is 591 g/mol. The summed E-state index contributed by atoms with van der Waals surface area (Å²) in [5.74, 6) is 0.398. The average molecular weight is 592 g/mol. The second-order valence-electron chi connectivity index (χ2n) is 11.3. The third-order valence-electron chi connectivity index (χ3n) is 8.67. The molecule has 2 unspecified atom stereocenters. The van der Waals surface area contributed by atoms with Crippen LogP contribution < -0.4 is 14.7 Å². The Hall–Kier alpha value is -4.99. The Balaban J connectivity index is 1.38. The summed E-state index contributed by atoms with van der Waals surface area (Å²) in [5.41, 5.74) is 9.84. The van der Waals surface area contributed by atoms with Crippen LogP contribution in [0.15, 0.2) is 158 Å². The molecule has 0 radical (unpaired) electrons. The Morgan fingerprint density at radius 3 is 1.55 bits per heavy atom. The molecule has 4 heteroatoms. The molecule has 216 valence electrons. The molecular weight excluding hydrogens is 558 g/mol. The summed E-state index contributed by atoms with van der Waals surface area (Å²) < 4.78 is 0. The Bertz CT molecular complexity index is 1830. The number of rotatable bonds is 7. The Kier molecular flexibility index (Phi) is 7.55. The van der Waals surface area contributed by atoms with Crippen LogP contribution in [-0.2, 0) is 0 Å². The minimum absolute atomic E-state index is 0.277. The number of benzene rings is 6. The van der Waals surface area contributed by atoms with Gasteiger partial charge < -0.3 is 14.7 Å². The number of nitrogens with zero attached hydrogens (tertiary/aromatic N) is 3. The van der Waals surface area contributed by atoms with Gasteiger partial charge in [-0.15, -0.1) is 0 Å². The van der Waals surface area contributed by atoms with Gasteiger partial charge in [0, 0.05) is 46.1 Å². The van der Waals surface area contributed by atoms with Crippen molar-refractivity contribution in [1.82, 2.24) is 0 Å². The van der Waals surface area contributed by atoms with Gasteiger partial charge >= 0.3 is 0 Å². The van der Waals surface area contributed by atoms with Gasteiger partial charge in [-0.3, -0.25) is 0 Å². The van der Waals surface area contributed by atoms with Crippen molar-refractivity contribution in [1.29, 1.82) is 0 Å². The predicted molar refractivity (Wildman–Crippen MR) is 187 cm³/mol. The molecule has 0 aromatic heterocycles. The van der Waals surface area contributed by atoms with Crippen molar-refractivity contribution in [2.24, 2.45) is 0 Å². The zero-order valence-corrected chi connectivity index (χ0v) is 25.6. The molecule has 0 saturated carbocycles. The van der Waals surface area contributed by atoms with Crippen LogP contribution in [0.5, 0.6) is 0 Å². The first-order chi connectivity index (χ1) is 21.6. The van der Waals surface area contributed by atoms with Crippen molar-refractivity contribution in [2.75, 3.05) is 14.7 Å². The molecule has 1 aliphatic heterocycles. The van der Waals surface area contributed by atoms with Gasteiger partial charge in [0.1, 0.15) is 0 Å². The summed E-state index contributed by atoms with van der Waals surface area (Å²) in [5, 5.41) is 0.723. The second-order valence-corrected chi connectivity index (χ2v) is 11.6. The fourth-order valence-electron chi connectivity index (χ4n) is 6.39. The lowest BCUT2D eigenvalue weighted by molar-refractivity contribution is 0.642. The lowest BCUT2D eigenvalue weighted by Gasteiger charge is -2.32. The van der Waals surface area contributed by atoms with Crippen LogP contribution in [0.2, 0.25) is 5.02 Å². The fourth-order valence-corrected chi connectivity index (χ4v) is 6.69. The predicted octanol–water partition coefficient (Wildman–Crippen LogP) is 11.9. The average Bonchev–Trinajstić information content (AvgIpc) is 3.33. The lowest BCUT2D eigenvalue weighted by atomic mass is 9.98. The zero-order valence-electron chi connectivity index (χ0n) is 24.9. The third-order valence-corrected chi connectivity index (χ3v) is 9.05. The summed E-state index contributed by atoms with van der Waals surface area (Å²) in [4.78, 5) is 6.95. The number of hydrogen-bond acceptors (Lipinski definition) is 3. The Morgan fingerprint density at radius 1 is 0.477 bits per heavy atom. The van der Waals surface area contributed by atoms with Crippen LogP contribution in [0.3, 0.4) is 0 Å². The molecule has 0 bridgehead atoms. The van der Waals surface area contributed by atoms with Crippen LogP contribution in [0, 0.1) is 0 Å². The minimum atomic E-state index is 0.277. The molecule has 6 aromatic rings. The highest BCUT2D eigenvalue weighted by Crippen LogP contribution is 2.50. The maximum absolute atomic E-state index is 7.46. The lowest BCUT2D eigenvalue weighted by Crippen LogP contribution is -2.26. The van der Waals surface area contributed by atoms with Gasteiger partial charge in [0.25, 0.3) is 0 Å². The Morgan fingerprint density at radius 2 is 0.932 bits per heavy atom. The molecule has 7 rings (SSSR count). The minimum Gasteiger partial charge on any atom is -0.337 e. The van der Waals surface area contributed by atoms with E-state index in [1.54, 1.807) is 0 Å². The maximum atomic E-state index is 7.46. The topological polar surface area (TPSA) is 9.72 Å². The van der Waals surface area contributed by atoms with E-state index in [1.807, 2.05) is 6.07 Å². The van der Waals surface area contributed by atoms with Crippen molar-refractivity contribution in [3.8, 4) is 0 Å². The summed E-state index contributed by atoms with van der Waals surface area (Å²) in [6.07, 6.45) is 0. The van der Waals surface area contributed by atoms with Crippen LogP contribution in [0.4, 0.5) is 45.5 Å². The van der Waals surface area contributed by atoms with Crippen molar-refractivity contribution in [2.45, 2.75) is 25.8 Å². The molecule has 0 saturated heterocycles. The SMILES string of the molecule is CC1c2ccccc2N(c2cccc(N(c3ccccc3)c3cccc(N(c4ccccc4)c4ccccc4)c3)c2Cl)C1C. The molecule has 44 heavy (non-hydrogen) atoms. The van der Waals surface area contributed by atoms with E-state index in [9.17, 15) is 0 Å². The van der Waals surface area contributed by atoms with Gasteiger partial charge in [-0.25, -0.2) is 0 Å². The van der Waals surface area contributed by atoms with E-state index in [1.165, 1.54) is 11.3 Å². The molecule has 2 atom stereocenters. The summed E-state index contributed by atoms with van der Waals surface area (Å²) in [6, 6.07) is 55.5. The fraction of sp³-hybridized carbons (Fsp3) is 0.100. The number of anilines is 8. The van der Waals surface area contributed by atoms with Crippen LogP contribution in [0.1, 0.15) is 25.3 Å². The van der Waals surface area contributed by atoms with Crippen molar-refractivity contribution >= 4 is 57.1 Å². The summed E-state index contributed by atoms with van der Waals surface area (Å²) in [6.45, 7) is 4.59. The van der Waals surface area contributed by atoms with Crippen molar-refractivity contribution < 1.29 is 0 Å². The highest BCUT2D eigenvalue weighted by Gasteiger charge is 2.35. The summed E-state index contributed by atoms with van der Waals surface area (Å²) in [7, 11) is 0. The van der Waals surface area contributed by atoms with Gasteiger partial charge in [-0.2, -0.15) is 0 Å². The van der Waals surface area contributed by atoms with E-state index < -0.39 is 0 Å². The number of fused-ring (bicyclic) bond motifs is 1. The maximum Gasteiger partial charge on any atom is 0.0883 e. The first-order valence-corrected chi connectivity index (χ1v) is 15.5. The molecule has 0 spiro atoms. The van der Waals surface area contributed by atoms with Gasteiger partial charge in [0.15, 0.2) is 0 Å². The van der Waals surface area contributed by atoms with Crippen LogP contribution >= 0.6 is 11.6 Å². The molecule has 6 aromatic carbocycles. The van der Waals surface area contributed by atoms with Crippen LogP contribution in [0.25, 0.3) is 0 Å². The first-order valence-electron chi connectivity index (χ1n) is 15.1. The number of halogens is 1. The number of para-hydroxylation sites is 4. The van der Waals surface area contributed by atoms with Crippen LogP contribution in [-0.4, -0.2) is 6.04 Å². The number of hydrogen-bond donors (Lipinski definition) is 0. The largest absolute Gasteiger partial charge is 0.337 e. The second kappa shape index (κ2) is 11.9. The smallest absolute Gasteiger partial charge is 0.0883 e. The highest BCUT2D eigenvalue weighted by molar-refractivity contribution is 6.36. The van der Waals surface area contributed by atoms with Gasteiger partial charge in [0.2, 0.25) is 0 Å². The molecular formula is C40H34ClN3. The molecule has 0 fully saturated rings. The molecule has 1 aliphatic rings. The molecule has 1 heterocycles. The molecule has 0 aliphatic carbocycles. The van der Waals surface area contributed by atoms with E-state index in [2.05, 4.69) is 180 Å². The summed E-state index contributed by atoms with van der Waals surface area (Å²) >= 11 is 7.46. The quantitative estimate of drug-likeness (QED) is 0.183. The van der Waals surface area contributed by atoms with Crippen molar-refractivity contribution in [3.63, 3.8) is 0 Å². The molecule has 3 nitrogen and oxygen atoms in total. The van der Waals surface area contributed by atoms with Crippen molar-refractivity contribution in [3.05, 3.63) is 168 Å². The van der Waals surface area contributed by atoms with Gasteiger partial charge in [0.05, 0.1) is 16.4 Å². The van der Waals surface area contributed by atoms with E-state index in [4.69, 9.17) is 11.6 Å². The van der Waals surface area contributed by atoms with E-state index >= 15 is 0 Å². The van der Waals surface area contributed by atoms with Gasteiger partial charge in [-0.05, 0) is 85.3 Å². The molecule has 0 N–H and O–H groups in total. The normalized spacial score (nSPS) is 15.6. The van der Waals surface area contributed by atoms with Gasteiger partial charge in [-0.1, -0.05) is 103 Å². The van der Waals surface area contributed by atoms with E-state index in [0.29, 0.717) is 5.92 Å². The van der Waals surface area contributed by atoms with E-state index in [0.717, 1.165) is 44.8 Å². The first kappa shape index (κ1) is 27.8. The highest BCUT2D eigenvalue weighted by atomic mass is 35.5.